The molecule has 0 saturated carbocycles. The van der Waals surface area contributed by atoms with Gasteiger partial charge in [0, 0.05) is 19.1 Å². The van der Waals surface area contributed by atoms with E-state index in [4.69, 9.17) is 5.11 Å². The summed E-state index contributed by atoms with van der Waals surface area (Å²) in [6, 6.07) is 0.477. The van der Waals surface area contributed by atoms with E-state index in [-0.39, 0.29) is 6.10 Å². The summed E-state index contributed by atoms with van der Waals surface area (Å²) in [5, 5.41) is 15.3. The molecule has 1 fully saturated rings. The Labute approximate surface area is 55.5 Å². The number of hydrogen-bond acceptors (Lipinski definition) is 3. The molecule has 2 atom stereocenters. The minimum absolute atomic E-state index is 0.122. The van der Waals surface area contributed by atoms with Crippen LogP contribution in [-0.4, -0.2) is 37.4 Å². The molecule has 1 rings (SSSR count). The Bertz CT molecular complexity index is 85.1. The van der Waals surface area contributed by atoms with Gasteiger partial charge in [-0.15, -0.1) is 0 Å². The van der Waals surface area contributed by atoms with Crippen LogP contribution in [0.3, 0.4) is 0 Å². The summed E-state index contributed by atoms with van der Waals surface area (Å²) in [5.41, 5.74) is 0. The van der Waals surface area contributed by atoms with E-state index in [1.807, 2.05) is 7.05 Å². The molecule has 3 heteroatoms. The van der Waals surface area contributed by atoms with Crippen LogP contribution in [0, 0.1) is 0 Å². The smallest absolute Gasteiger partial charge is 0.0680 e. The zero-order chi connectivity index (χ0) is 6.69. The summed E-state index contributed by atoms with van der Waals surface area (Å²) in [7, 11) is 1.92. The fourth-order valence-corrected chi connectivity index (χ4v) is 1.20. The number of rotatable bonds is 2. The molecule has 0 spiro atoms. The molecule has 0 radical (unpaired) electrons. The fourth-order valence-electron chi connectivity index (χ4n) is 1.20. The topological polar surface area (TPSA) is 44.3 Å². The molecule has 0 aromatic heterocycles. The van der Waals surface area contributed by atoms with Crippen molar-refractivity contribution < 1.29 is 5.11 Å². The van der Waals surface area contributed by atoms with E-state index in [0.717, 1.165) is 19.5 Å². The molecule has 0 bridgehead atoms. The van der Waals surface area contributed by atoms with Gasteiger partial charge in [-0.3, -0.25) is 0 Å². The average Bonchev–Trinajstić information content (AvgIpc) is 2.17. The number of nitrogens with one attached hydrogen (secondary N) is 2. The van der Waals surface area contributed by atoms with Crippen LogP contribution in [0.5, 0.6) is 0 Å². The molecule has 1 heterocycles. The molecule has 0 unspecified atom stereocenters. The van der Waals surface area contributed by atoms with Gasteiger partial charge in [-0.1, -0.05) is 0 Å². The molecule has 1 aliphatic rings. The van der Waals surface area contributed by atoms with Gasteiger partial charge in [-0.25, -0.2) is 0 Å². The van der Waals surface area contributed by atoms with Gasteiger partial charge in [-0.2, -0.15) is 0 Å². The van der Waals surface area contributed by atoms with Gasteiger partial charge in [0.2, 0.25) is 0 Å². The number of β-amino-alcohol motifs (C(OH)–C–C–N with tert-alkyl or cyclic N) is 1. The molecule has 9 heavy (non-hydrogen) atoms. The van der Waals surface area contributed by atoms with Crippen LogP contribution in [0.25, 0.3) is 0 Å². The van der Waals surface area contributed by atoms with Crippen LogP contribution in [0.4, 0.5) is 0 Å². The highest BCUT2D eigenvalue weighted by atomic mass is 16.3. The van der Waals surface area contributed by atoms with Crippen molar-refractivity contribution in [1.82, 2.24) is 10.6 Å². The van der Waals surface area contributed by atoms with Crippen molar-refractivity contribution in [3.8, 4) is 0 Å². The Balaban J connectivity index is 2.14. The van der Waals surface area contributed by atoms with E-state index in [1.54, 1.807) is 0 Å². The van der Waals surface area contributed by atoms with Gasteiger partial charge in [-0.05, 0) is 13.5 Å². The average molecular weight is 130 g/mol. The lowest BCUT2D eigenvalue weighted by molar-refractivity contribution is 0.193. The summed E-state index contributed by atoms with van der Waals surface area (Å²) in [6.45, 7) is 1.71. The van der Waals surface area contributed by atoms with Crippen molar-refractivity contribution >= 4 is 0 Å². The Morgan fingerprint density at radius 1 is 1.78 bits per heavy atom. The molecule has 3 N–H and O–H groups in total. The predicted molar refractivity (Wildman–Crippen MR) is 36.3 cm³/mol. The molecule has 0 amide bonds. The van der Waals surface area contributed by atoms with Crippen molar-refractivity contribution in [3.63, 3.8) is 0 Å². The highest BCUT2D eigenvalue weighted by molar-refractivity contribution is 4.81. The van der Waals surface area contributed by atoms with Gasteiger partial charge in [0.1, 0.15) is 0 Å². The summed E-state index contributed by atoms with van der Waals surface area (Å²) in [6.07, 6.45) is 0.768. The summed E-state index contributed by atoms with van der Waals surface area (Å²) < 4.78 is 0. The van der Waals surface area contributed by atoms with E-state index < -0.39 is 0 Å². The third-order valence-corrected chi connectivity index (χ3v) is 1.65. The van der Waals surface area contributed by atoms with Crippen molar-refractivity contribution in [2.45, 2.75) is 18.6 Å². The number of aliphatic hydroxyl groups excluding tert-OH is 1. The van der Waals surface area contributed by atoms with Crippen LogP contribution < -0.4 is 10.6 Å². The van der Waals surface area contributed by atoms with E-state index >= 15 is 0 Å². The molecular formula is C6H14N2O. The van der Waals surface area contributed by atoms with Crippen LogP contribution >= 0.6 is 0 Å². The highest BCUT2D eigenvalue weighted by Crippen LogP contribution is 2.03. The quantitative estimate of drug-likeness (QED) is 0.446. The zero-order valence-electron chi connectivity index (χ0n) is 5.72. The minimum atomic E-state index is -0.122. The fraction of sp³-hybridized carbons (Fsp3) is 1.00. The third kappa shape index (κ3) is 1.93. The van der Waals surface area contributed by atoms with E-state index in [0.29, 0.717) is 6.04 Å². The lowest BCUT2D eigenvalue weighted by Crippen LogP contribution is -2.31. The Morgan fingerprint density at radius 2 is 2.56 bits per heavy atom. The normalized spacial score (nSPS) is 35.3. The van der Waals surface area contributed by atoms with Crippen molar-refractivity contribution in [2.75, 3.05) is 20.1 Å². The minimum Gasteiger partial charge on any atom is -0.392 e. The summed E-state index contributed by atoms with van der Waals surface area (Å²) >= 11 is 0. The standard InChI is InChI=1S/C6H14N2O/c1-7-3-5-2-6(9)4-8-5/h5-9H,2-4H2,1H3/t5-,6+/m1/s1. The maximum absolute atomic E-state index is 9.04. The first-order chi connectivity index (χ1) is 4.33. The first-order valence-corrected chi connectivity index (χ1v) is 3.39. The van der Waals surface area contributed by atoms with Gasteiger partial charge >= 0.3 is 0 Å². The second-order valence-electron chi connectivity index (χ2n) is 2.55. The largest absolute Gasteiger partial charge is 0.392 e. The van der Waals surface area contributed by atoms with Crippen LogP contribution in [0.1, 0.15) is 6.42 Å². The van der Waals surface area contributed by atoms with E-state index in [2.05, 4.69) is 10.6 Å². The summed E-state index contributed by atoms with van der Waals surface area (Å²) in [4.78, 5) is 0. The third-order valence-electron chi connectivity index (χ3n) is 1.65. The molecule has 0 aromatic carbocycles. The molecule has 3 nitrogen and oxygen atoms in total. The number of likely N-dealkylation sites (N-methyl/N-ethyl adjacent to an activating group) is 1. The van der Waals surface area contributed by atoms with E-state index in [1.165, 1.54) is 0 Å². The van der Waals surface area contributed by atoms with Crippen molar-refractivity contribution in [2.24, 2.45) is 0 Å². The van der Waals surface area contributed by atoms with Gasteiger partial charge in [0.15, 0.2) is 0 Å². The first kappa shape index (κ1) is 6.99. The molecule has 54 valence electrons. The van der Waals surface area contributed by atoms with Crippen LogP contribution in [0.2, 0.25) is 0 Å². The SMILES string of the molecule is CNC[C@H]1C[C@H](O)CN1. The second kappa shape index (κ2) is 3.15. The van der Waals surface area contributed by atoms with Crippen molar-refractivity contribution in [1.29, 1.82) is 0 Å². The monoisotopic (exact) mass is 130 g/mol. The second-order valence-corrected chi connectivity index (χ2v) is 2.55. The number of hydrogen-bond donors (Lipinski definition) is 3. The molecule has 1 saturated heterocycles. The number of aliphatic hydroxyl groups is 1. The van der Waals surface area contributed by atoms with Gasteiger partial charge < -0.3 is 15.7 Å². The van der Waals surface area contributed by atoms with Crippen LogP contribution in [-0.2, 0) is 0 Å². The van der Waals surface area contributed by atoms with Gasteiger partial charge in [0.05, 0.1) is 6.10 Å². The van der Waals surface area contributed by atoms with E-state index in [9.17, 15) is 0 Å². The highest BCUT2D eigenvalue weighted by Gasteiger charge is 2.20. The first-order valence-electron chi connectivity index (χ1n) is 3.39. The Morgan fingerprint density at radius 3 is 3.00 bits per heavy atom. The predicted octanol–water partition coefficient (Wildman–Crippen LogP) is -1.07. The lowest BCUT2D eigenvalue weighted by Gasteiger charge is -2.06. The van der Waals surface area contributed by atoms with Crippen LogP contribution in [0.15, 0.2) is 0 Å². The maximum atomic E-state index is 9.04. The lowest BCUT2D eigenvalue weighted by atomic mass is 10.2. The van der Waals surface area contributed by atoms with Gasteiger partial charge in [0.25, 0.3) is 0 Å². The Kier molecular flexibility index (Phi) is 2.45. The summed E-state index contributed by atoms with van der Waals surface area (Å²) in [5.74, 6) is 0. The maximum Gasteiger partial charge on any atom is 0.0680 e. The van der Waals surface area contributed by atoms with Crippen molar-refractivity contribution in [3.05, 3.63) is 0 Å². The molecule has 0 aliphatic carbocycles. The molecule has 1 aliphatic heterocycles. The molecule has 0 aromatic rings. The molecular weight excluding hydrogens is 116 g/mol. The zero-order valence-corrected chi connectivity index (χ0v) is 5.72. The Hall–Kier alpha value is -0.120.